The fourth-order valence-electron chi connectivity index (χ4n) is 4.86. The number of halogens is 3. The van der Waals surface area contributed by atoms with E-state index in [-0.39, 0.29) is 18.5 Å². The lowest BCUT2D eigenvalue weighted by atomic mass is 9.99. The number of fused-ring (bicyclic) bond motifs is 1. The van der Waals surface area contributed by atoms with E-state index in [2.05, 4.69) is 10.4 Å². The molecule has 2 aromatic heterocycles. The number of nitrogens with one attached hydrogen (secondary N) is 1. The third-order valence-electron chi connectivity index (χ3n) is 6.61. The highest BCUT2D eigenvalue weighted by Crippen LogP contribution is 2.35. The van der Waals surface area contributed by atoms with Gasteiger partial charge in [-0.15, -0.1) is 11.3 Å². The molecule has 3 heterocycles. The Morgan fingerprint density at radius 1 is 1.03 bits per heavy atom. The van der Waals surface area contributed by atoms with Crippen molar-refractivity contribution >= 4 is 28.2 Å². The number of thiophene rings is 1. The number of aryl methyl sites for hydroxylation is 2. The smallest absolute Gasteiger partial charge is 0.372 e. The fourth-order valence-corrected chi connectivity index (χ4v) is 5.72. The van der Waals surface area contributed by atoms with E-state index in [1.54, 1.807) is 36.5 Å². The van der Waals surface area contributed by atoms with Crippen molar-refractivity contribution in [2.75, 3.05) is 11.9 Å². The monoisotopic (exact) mass is 538 g/mol. The van der Waals surface area contributed by atoms with Crippen LogP contribution in [0.3, 0.4) is 0 Å². The number of alkyl halides is 3. The van der Waals surface area contributed by atoms with Gasteiger partial charge in [-0.1, -0.05) is 30.3 Å². The third-order valence-corrected chi connectivity index (χ3v) is 7.47. The Balaban J connectivity index is 1.46. The van der Waals surface area contributed by atoms with E-state index >= 15 is 0 Å². The SMILES string of the molecule is CCn1ncc(C)c1-c1csc(N[C@@H](Cc2ccccc2C(F)(F)F)CN2C(=O)c3ccccc3C2=O)c1. The van der Waals surface area contributed by atoms with Gasteiger partial charge in [-0.2, -0.15) is 18.3 Å². The molecule has 4 aromatic rings. The quantitative estimate of drug-likeness (QED) is 0.268. The van der Waals surface area contributed by atoms with Gasteiger partial charge < -0.3 is 5.32 Å². The Hall–Kier alpha value is -3.92. The maximum absolute atomic E-state index is 13.8. The van der Waals surface area contributed by atoms with Crippen LogP contribution in [-0.4, -0.2) is 39.1 Å². The summed E-state index contributed by atoms with van der Waals surface area (Å²) in [6.45, 7) is 4.58. The number of carbonyl (C=O) groups excluding carboxylic acids is 2. The first-order valence-corrected chi connectivity index (χ1v) is 13.0. The second-order valence-corrected chi connectivity index (χ2v) is 10.1. The number of anilines is 1. The van der Waals surface area contributed by atoms with E-state index < -0.39 is 29.6 Å². The van der Waals surface area contributed by atoms with E-state index in [1.807, 2.05) is 30.0 Å². The Morgan fingerprint density at radius 3 is 2.34 bits per heavy atom. The molecular formula is C28H25F3N4O2S. The molecule has 0 saturated carbocycles. The first-order valence-electron chi connectivity index (χ1n) is 12.2. The number of carbonyl (C=O) groups is 2. The summed E-state index contributed by atoms with van der Waals surface area (Å²) in [7, 11) is 0. The molecule has 0 fully saturated rings. The molecule has 0 bridgehead atoms. The summed E-state index contributed by atoms with van der Waals surface area (Å²) in [6.07, 6.45) is -2.77. The Labute approximate surface area is 221 Å². The summed E-state index contributed by atoms with van der Waals surface area (Å²) in [5.41, 5.74) is 2.87. The highest BCUT2D eigenvalue weighted by molar-refractivity contribution is 7.14. The van der Waals surface area contributed by atoms with E-state index in [9.17, 15) is 22.8 Å². The van der Waals surface area contributed by atoms with Crippen molar-refractivity contribution in [3.05, 3.63) is 94.0 Å². The zero-order chi connectivity index (χ0) is 27.0. The van der Waals surface area contributed by atoms with Gasteiger partial charge in [-0.3, -0.25) is 19.2 Å². The highest BCUT2D eigenvalue weighted by Gasteiger charge is 2.38. The molecule has 0 saturated heterocycles. The molecule has 1 atom stereocenters. The van der Waals surface area contributed by atoms with Gasteiger partial charge in [-0.05, 0) is 55.7 Å². The number of hydrogen-bond donors (Lipinski definition) is 1. The number of nitrogens with zero attached hydrogens (tertiary/aromatic N) is 3. The summed E-state index contributed by atoms with van der Waals surface area (Å²) >= 11 is 1.41. The molecule has 2 aromatic carbocycles. The average molecular weight is 539 g/mol. The van der Waals surface area contributed by atoms with Crippen molar-refractivity contribution in [1.29, 1.82) is 0 Å². The highest BCUT2D eigenvalue weighted by atomic mass is 32.1. The molecule has 1 N–H and O–H groups in total. The topological polar surface area (TPSA) is 67.2 Å². The predicted molar refractivity (Wildman–Crippen MR) is 140 cm³/mol. The van der Waals surface area contributed by atoms with Crippen molar-refractivity contribution in [3.8, 4) is 11.3 Å². The van der Waals surface area contributed by atoms with Crippen molar-refractivity contribution in [3.63, 3.8) is 0 Å². The van der Waals surface area contributed by atoms with Crippen LogP contribution >= 0.6 is 11.3 Å². The third kappa shape index (κ3) is 4.83. The van der Waals surface area contributed by atoms with Crippen LogP contribution in [-0.2, 0) is 19.1 Å². The van der Waals surface area contributed by atoms with Gasteiger partial charge in [-0.25, -0.2) is 0 Å². The van der Waals surface area contributed by atoms with E-state index in [4.69, 9.17) is 0 Å². The molecule has 6 nitrogen and oxygen atoms in total. The molecule has 1 aliphatic rings. The predicted octanol–water partition coefficient (Wildman–Crippen LogP) is 6.28. The van der Waals surface area contributed by atoms with Gasteiger partial charge in [0.2, 0.25) is 0 Å². The Morgan fingerprint density at radius 2 is 1.68 bits per heavy atom. The molecular weight excluding hydrogens is 513 g/mol. The van der Waals surface area contributed by atoms with Crippen LogP contribution in [0.1, 0.15) is 44.3 Å². The summed E-state index contributed by atoms with van der Waals surface area (Å²) < 4.78 is 43.2. The lowest BCUT2D eigenvalue weighted by Crippen LogP contribution is -2.41. The molecule has 10 heteroatoms. The van der Waals surface area contributed by atoms with Gasteiger partial charge in [0, 0.05) is 30.1 Å². The normalized spacial score (nSPS) is 14.2. The largest absolute Gasteiger partial charge is 0.416 e. The van der Waals surface area contributed by atoms with E-state index in [0.29, 0.717) is 22.7 Å². The maximum atomic E-state index is 13.8. The van der Waals surface area contributed by atoms with Gasteiger partial charge in [0.1, 0.15) is 0 Å². The molecule has 38 heavy (non-hydrogen) atoms. The van der Waals surface area contributed by atoms with Crippen LogP contribution in [0.15, 0.2) is 66.2 Å². The molecule has 196 valence electrons. The van der Waals surface area contributed by atoms with Gasteiger partial charge in [0.15, 0.2) is 0 Å². The minimum Gasteiger partial charge on any atom is -0.372 e. The van der Waals surface area contributed by atoms with Crippen LogP contribution in [0.5, 0.6) is 0 Å². The van der Waals surface area contributed by atoms with Crippen LogP contribution in [0, 0.1) is 6.92 Å². The lowest BCUT2D eigenvalue weighted by molar-refractivity contribution is -0.138. The van der Waals surface area contributed by atoms with Crippen LogP contribution < -0.4 is 5.32 Å². The number of rotatable bonds is 8. The van der Waals surface area contributed by atoms with Gasteiger partial charge in [0.25, 0.3) is 11.8 Å². The van der Waals surface area contributed by atoms with E-state index in [0.717, 1.165) is 27.8 Å². The second kappa shape index (κ2) is 10.1. The molecule has 0 spiro atoms. The second-order valence-electron chi connectivity index (χ2n) is 9.16. The Kier molecular flexibility index (Phi) is 6.83. The summed E-state index contributed by atoms with van der Waals surface area (Å²) in [5.74, 6) is -0.897. The average Bonchev–Trinajstić information content (AvgIpc) is 3.57. The standard InChI is InChI=1S/C28H25F3N4O2S/c1-3-35-25(17(2)14-32-35)19-13-24(38-16-19)33-20(12-18-8-4-7-11-23(18)28(29,30)31)15-34-26(36)21-9-5-6-10-22(21)27(34)37/h4-11,13-14,16,20,33H,3,12,15H2,1-2H3/t20-/m0/s1. The molecule has 0 radical (unpaired) electrons. The minimum atomic E-state index is -4.52. The number of aromatic nitrogens is 2. The van der Waals surface area contributed by atoms with Crippen LogP contribution in [0.2, 0.25) is 0 Å². The van der Waals surface area contributed by atoms with Gasteiger partial charge in [0.05, 0.1) is 33.6 Å². The zero-order valence-corrected chi connectivity index (χ0v) is 21.6. The van der Waals surface area contributed by atoms with Crippen molar-refractivity contribution in [2.24, 2.45) is 0 Å². The first kappa shape index (κ1) is 25.7. The fraction of sp³-hybridized carbons (Fsp3) is 0.250. The maximum Gasteiger partial charge on any atom is 0.416 e. The molecule has 5 rings (SSSR count). The first-order chi connectivity index (χ1) is 18.2. The van der Waals surface area contributed by atoms with Gasteiger partial charge >= 0.3 is 6.18 Å². The number of imide groups is 1. The molecule has 2 amide bonds. The van der Waals surface area contributed by atoms with Crippen molar-refractivity contribution < 1.29 is 22.8 Å². The number of amides is 2. The molecule has 1 aliphatic heterocycles. The van der Waals surface area contributed by atoms with Crippen molar-refractivity contribution in [1.82, 2.24) is 14.7 Å². The minimum absolute atomic E-state index is 0.0394. The summed E-state index contributed by atoms with van der Waals surface area (Å²) in [6, 6.07) is 13.2. The Bertz CT molecular complexity index is 1470. The zero-order valence-electron chi connectivity index (χ0n) is 20.7. The number of benzene rings is 2. The van der Waals surface area contributed by atoms with E-state index in [1.165, 1.54) is 23.5 Å². The summed E-state index contributed by atoms with van der Waals surface area (Å²) in [5, 5.41) is 10.4. The van der Waals surface area contributed by atoms with Crippen molar-refractivity contribution in [2.45, 2.75) is 39.0 Å². The molecule has 0 aliphatic carbocycles. The molecule has 0 unspecified atom stereocenters. The van der Waals surface area contributed by atoms with Crippen LogP contribution in [0.4, 0.5) is 18.2 Å². The van der Waals surface area contributed by atoms with Crippen LogP contribution in [0.25, 0.3) is 11.3 Å². The lowest BCUT2D eigenvalue weighted by Gasteiger charge is -2.25. The summed E-state index contributed by atoms with van der Waals surface area (Å²) in [4.78, 5) is 27.2. The number of hydrogen-bond acceptors (Lipinski definition) is 5.